The molecular formula is C18H21NO4. The van der Waals surface area contributed by atoms with E-state index in [1.54, 1.807) is 6.08 Å². The highest BCUT2D eigenvalue weighted by atomic mass is 16.5. The highest BCUT2D eigenvalue weighted by Gasteiger charge is 2.18. The molecule has 1 atom stereocenters. The van der Waals surface area contributed by atoms with Crippen molar-refractivity contribution in [3.63, 3.8) is 0 Å². The van der Waals surface area contributed by atoms with E-state index < -0.39 is 0 Å². The lowest BCUT2D eigenvalue weighted by molar-refractivity contribution is -0.134. The van der Waals surface area contributed by atoms with Crippen LogP contribution in [0.4, 0.5) is 0 Å². The van der Waals surface area contributed by atoms with Crippen LogP contribution in [0.3, 0.4) is 0 Å². The van der Waals surface area contributed by atoms with E-state index in [1.165, 1.54) is 13.2 Å². The number of furan rings is 1. The van der Waals surface area contributed by atoms with Gasteiger partial charge >= 0.3 is 5.97 Å². The summed E-state index contributed by atoms with van der Waals surface area (Å²) in [6.07, 6.45) is 4.52. The number of benzene rings is 1. The van der Waals surface area contributed by atoms with Gasteiger partial charge in [0.1, 0.15) is 5.58 Å². The molecule has 0 unspecified atom stereocenters. The lowest BCUT2D eigenvalue weighted by Gasteiger charge is -2.11. The number of fused-ring (bicyclic) bond motifs is 1. The van der Waals surface area contributed by atoms with Crippen molar-refractivity contribution in [1.29, 1.82) is 0 Å². The van der Waals surface area contributed by atoms with Crippen molar-refractivity contribution in [2.75, 3.05) is 7.11 Å². The summed E-state index contributed by atoms with van der Waals surface area (Å²) in [6.45, 7) is 3.80. The van der Waals surface area contributed by atoms with Crippen LogP contribution in [0, 0.1) is 6.92 Å². The van der Waals surface area contributed by atoms with Crippen LogP contribution in [0.1, 0.15) is 35.9 Å². The SMILES string of the molecule is COC(=O)/C=C/CC[C@@H](C)NC(=O)c1oc2ccccc2c1C. The van der Waals surface area contributed by atoms with Gasteiger partial charge in [0.2, 0.25) is 0 Å². The minimum atomic E-state index is -0.375. The molecule has 0 bridgehead atoms. The van der Waals surface area contributed by atoms with Crippen molar-refractivity contribution >= 4 is 22.8 Å². The molecule has 1 amide bonds. The quantitative estimate of drug-likeness (QED) is 0.655. The largest absolute Gasteiger partial charge is 0.466 e. The zero-order chi connectivity index (χ0) is 16.8. The Bertz CT molecular complexity index is 730. The van der Waals surface area contributed by atoms with Crippen molar-refractivity contribution in [1.82, 2.24) is 5.32 Å². The van der Waals surface area contributed by atoms with Gasteiger partial charge in [0, 0.05) is 23.1 Å². The number of aryl methyl sites for hydroxylation is 1. The zero-order valence-corrected chi connectivity index (χ0v) is 13.6. The van der Waals surface area contributed by atoms with Crippen molar-refractivity contribution < 1.29 is 18.7 Å². The standard InChI is InChI=1S/C18H21NO4/c1-12(8-4-7-11-16(20)22-3)19-18(21)17-13(2)14-9-5-6-10-15(14)23-17/h5-7,9-12H,4,8H2,1-3H3,(H,19,21)/b11-7+/t12-/m1/s1. The fourth-order valence-corrected chi connectivity index (χ4v) is 2.35. The third kappa shape index (κ3) is 4.22. The van der Waals surface area contributed by atoms with Crippen molar-refractivity contribution in [3.05, 3.63) is 47.7 Å². The van der Waals surface area contributed by atoms with Crippen LogP contribution in [0.2, 0.25) is 0 Å². The van der Waals surface area contributed by atoms with E-state index in [4.69, 9.17) is 4.42 Å². The molecular weight excluding hydrogens is 294 g/mol. The molecule has 0 aliphatic heterocycles. The molecule has 1 heterocycles. The highest BCUT2D eigenvalue weighted by molar-refractivity contribution is 5.99. The number of carbonyl (C=O) groups is 2. The van der Waals surface area contributed by atoms with Gasteiger partial charge < -0.3 is 14.5 Å². The summed E-state index contributed by atoms with van der Waals surface area (Å²) < 4.78 is 10.2. The van der Waals surface area contributed by atoms with E-state index in [1.807, 2.05) is 38.1 Å². The Balaban J connectivity index is 1.94. The Labute approximate surface area is 135 Å². The summed E-state index contributed by atoms with van der Waals surface area (Å²) >= 11 is 0. The van der Waals surface area contributed by atoms with Crippen LogP contribution in [-0.4, -0.2) is 25.0 Å². The maximum atomic E-state index is 12.3. The molecule has 5 nitrogen and oxygen atoms in total. The summed E-state index contributed by atoms with van der Waals surface area (Å²) in [4.78, 5) is 23.3. The number of nitrogens with one attached hydrogen (secondary N) is 1. The molecule has 1 aromatic carbocycles. The molecule has 1 N–H and O–H groups in total. The summed E-state index contributed by atoms with van der Waals surface area (Å²) in [7, 11) is 1.34. The molecule has 1 aromatic heterocycles. The Kier molecular flexibility index (Phi) is 5.57. The van der Waals surface area contributed by atoms with Crippen LogP contribution < -0.4 is 5.32 Å². The first-order valence-electron chi connectivity index (χ1n) is 7.56. The van der Waals surface area contributed by atoms with Gasteiger partial charge in [0.05, 0.1) is 7.11 Å². The smallest absolute Gasteiger partial charge is 0.330 e. The number of ether oxygens (including phenoxy) is 1. The molecule has 23 heavy (non-hydrogen) atoms. The number of allylic oxidation sites excluding steroid dienone is 1. The number of amides is 1. The van der Waals surface area contributed by atoms with Gasteiger partial charge in [0.15, 0.2) is 5.76 Å². The Hall–Kier alpha value is -2.56. The molecule has 0 aliphatic rings. The van der Waals surface area contributed by atoms with Crippen molar-refractivity contribution in [2.45, 2.75) is 32.7 Å². The second-order valence-corrected chi connectivity index (χ2v) is 5.43. The molecule has 0 fully saturated rings. The minimum Gasteiger partial charge on any atom is -0.466 e. The van der Waals surface area contributed by atoms with E-state index in [-0.39, 0.29) is 17.9 Å². The fraction of sp³-hybridized carbons (Fsp3) is 0.333. The third-order valence-corrected chi connectivity index (χ3v) is 3.65. The number of esters is 1. The van der Waals surface area contributed by atoms with E-state index in [9.17, 15) is 9.59 Å². The number of hydrogen-bond donors (Lipinski definition) is 1. The first kappa shape index (κ1) is 16.8. The molecule has 122 valence electrons. The Morgan fingerprint density at radius 3 is 2.78 bits per heavy atom. The monoisotopic (exact) mass is 315 g/mol. The van der Waals surface area contributed by atoms with Crippen LogP contribution >= 0.6 is 0 Å². The lowest BCUT2D eigenvalue weighted by Crippen LogP contribution is -2.32. The second-order valence-electron chi connectivity index (χ2n) is 5.43. The van der Waals surface area contributed by atoms with E-state index in [0.717, 1.165) is 17.4 Å². The molecule has 5 heteroatoms. The van der Waals surface area contributed by atoms with Crippen LogP contribution in [0.25, 0.3) is 11.0 Å². The van der Waals surface area contributed by atoms with Crippen LogP contribution in [-0.2, 0) is 9.53 Å². The fourth-order valence-electron chi connectivity index (χ4n) is 2.35. The molecule has 2 rings (SSSR count). The molecule has 0 saturated carbocycles. The zero-order valence-electron chi connectivity index (χ0n) is 13.6. The number of rotatable bonds is 6. The number of para-hydroxylation sites is 1. The first-order valence-corrected chi connectivity index (χ1v) is 7.56. The van der Waals surface area contributed by atoms with Gasteiger partial charge in [-0.05, 0) is 32.8 Å². The third-order valence-electron chi connectivity index (χ3n) is 3.65. The maximum Gasteiger partial charge on any atom is 0.330 e. The van der Waals surface area contributed by atoms with E-state index in [0.29, 0.717) is 17.8 Å². The average Bonchev–Trinajstić information content (AvgIpc) is 2.89. The highest BCUT2D eigenvalue weighted by Crippen LogP contribution is 2.24. The maximum absolute atomic E-state index is 12.3. The Morgan fingerprint density at radius 1 is 1.35 bits per heavy atom. The number of carbonyl (C=O) groups excluding carboxylic acids is 2. The molecule has 0 radical (unpaired) electrons. The van der Waals surface area contributed by atoms with Crippen molar-refractivity contribution in [3.8, 4) is 0 Å². The van der Waals surface area contributed by atoms with Gasteiger partial charge in [0.25, 0.3) is 5.91 Å². The summed E-state index contributed by atoms with van der Waals surface area (Å²) in [5.41, 5.74) is 1.56. The lowest BCUT2D eigenvalue weighted by atomic mass is 10.1. The summed E-state index contributed by atoms with van der Waals surface area (Å²) in [6, 6.07) is 7.55. The van der Waals surface area contributed by atoms with Crippen LogP contribution in [0.15, 0.2) is 40.8 Å². The molecule has 2 aromatic rings. The van der Waals surface area contributed by atoms with Crippen molar-refractivity contribution in [2.24, 2.45) is 0 Å². The van der Waals surface area contributed by atoms with Gasteiger partial charge in [-0.25, -0.2) is 4.79 Å². The molecule has 0 aliphatic carbocycles. The second kappa shape index (κ2) is 7.63. The van der Waals surface area contributed by atoms with Gasteiger partial charge in [-0.3, -0.25) is 4.79 Å². The van der Waals surface area contributed by atoms with E-state index in [2.05, 4.69) is 10.1 Å². The van der Waals surface area contributed by atoms with E-state index >= 15 is 0 Å². The van der Waals surface area contributed by atoms with Crippen LogP contribution in [0.5, 0.6) is 0 Å². The first-order chi connectivity index (χ1) is 11.0. The van der Waals surface area contributed by atoms with Gasteiger partial charge in [-0.1, -0.05) is 24.3 Å². The Morgan fingerprint density at radius 2 is 2.09 bits per heavy atom. The van der Waals surface area contributed by atoms with Gasteiger partial charge in [-0.15, -0.1) is 0 Å². The predicted molar refractivity (Wildman–Crippen MR) is 88.3 cm³/mol. The van der Waals surface area contributed by atoms with Gasteiger partial charge in [-0.2, -0.15) is 0 Å². The molecule has 0 saturated heterocycles. The number of methoxy groups -OCH3 is 1. The summed E-state index contributed by atoms with van der Waals surface area (Å²) in [5, 5.41) is 3.87. The number of hydrogen-bond acceptors (Lipinski definition) is 4. The minimum absolute atomic E-state index is 0.0302. The molecule has 0 spiro atoms. The topological polar surface area (TPSA) is 68.5 Å². The predicted octanol–water partition coefficient (Wildman–Crippen LogP) is 3.37. The average molecular weight is 315 g/mol. The summed E-state index contributed by atoms with van der Waals surface area (Å²) in [5.74, 6) is -0.245. The normalized spacial score (nSPS) is 12.5.